The molecule has 0 saturated heterocycles. The first-order chi connectivity index (χ1) is 9.08. The second-order valence-corrected chi connectivity index (χ2v) is 5.16. The third-order valence-corrected chi connectivity index (χ3v) is 3.55. The van der Waals surface area contributed by atoms with E-state index in [9.17, 15) is 4.79 Å². The van der Waals surface area contributed by atoms with Gasteiger partial charge in [-0.2, -0.15) is 0 Å². The van der Waals surface area contributed by atoms with Crippen molar-refractivity contribution in [2.75, 3.05) is 11.9 Å². The number of hydrogen-bond acceptors (Lipinski definition) is 2. The first-order valence-electron chi connectivity index (χ1n) is 7.23. The molecule has 106 valence electrons. The molecule has 0 aromatic heterocycles. The van der Waals surface area contributed by atoms with E-state index in [4.69, 9.17) is 0 Å². The predicted octanol–water partition coefficient (Wildman–Crippen LogP) is 3.67. The van der Waals surface area contributed by atoms with Gasteiger partial charge in [0, 0.05) is 23.8 Å². The first kappa shape index (κ1) is 15.5. The Morgan fingerprint density at radius 3 is 2.63 bits per heavy atom. The van der Waals surface area contributed by atoms with Gasteiger partial charge in [0.15, 0.2) is 0 Å². The van der Waals surface area contributed by atoms with Gasteiger partial charge in [-0.1, -0.05) is 33.3 Å². The molecule has 1 aromatic carbocycles. The molecule has 1 aromatic rings. The SMILES string of the molecule is CCCNC(=O)c1cccc(NC(C)C(C)CC)c1. The van der Waals surface area contributed by atoms with Crippen LogP contribution in [0.4, 0.5) is 5.69 Å². The number of carbonyl (C=O) groups is 1. The molecule has 0 fully saturated rings. The summed E-state index contributed by atoms with van der Waals surface area (Å²) in [7, 11) is 0. The van der Waals surface area contributed by atoms with Crippen LogP contribution in [0, 0.1) is 5.92 Å². The molecule has 2 N–H and O–H groups in total. The minimum atomic E-state index is 0.00157. The van der Waals surface area contributed by atoms with Crippen LogP contribution in [0.25, 0.3) is 0 Å². The van der Waals surface area contributed by atoms with Crippen LogP contribution in [0.3, 0.4) is 0 Å². The molecule has 0 aliphatic heterocycles. The Morgan fingerprint density at radius 1 is 1.26 bits per heavy atom. The van der Waals surface area contributed by atoms with Gasteiger partial charge in [0.1, 0.15) is 0 Å². The van der Waals surface area contributed by atoms with Crippen molar-refractivity contribution in [3.05, 3.63) is 29.8 Å². The molecule has 2 atom stereocenters. The van der Waals surface area contributed by atoms with E-state index in [1.54, 1.807) is 0 Å². The highest BCUT2D eigenvalue weighted by Gasteiger charge is 2.11. The minimum absolute atomic E-state index is 0.00157. The maximum Gasteiger partial charge on any atom is 0.251 e. The smallest absolute Gasteiger partial charge is 0.251 e. The largest absolute Gasteiger partial charge is 0.382 e. The third-order valence-electron chi connectivity index (χ3n) is 3.55. The molecular formula is C16H26N2O. The summed E-state index contributed by atoms with van der Waals surface area (Å²) in [6.45, 7) is 9.37. The number of benzene rings is 1. The monoisotopic (exact) mass is 262 g/mol. The van der Waals surface area contributed by atoms with E-state index in [0.29, 0.717) is 12.0 Å². The number of nitrogens with one attached hydrogen (secondary N) is 2. The summed E-state index contributed by atoms with van der Waals surface area (Å²) < 4.78 is 0. The number of amides is 1. The second kappa shape index (κ2) is 7.82. The molecule has 1 amide bonds. The quantitative estimate of drug-likeness (QED) is 0.787. The van der Waals surface area contributed by atoms with Crippen molar-refractivity contribution in [3.63, 3.8) is 0 Å². The summed E-state index contributed by atoms with van der Waals surface area (Å²) in [5, 5.41) is 6.36. The molecule has 19 heavy (non-hydrogen) atoms. The van der Waals surface area contributed by atoms with Crippen LogP contribution in [-0.4, -0.2) is 18.5 Å². The summed E-state index contributed by atoms with van der Waals surface area (Å²) in [4.78, 5) is 11.9. The third kappa shape index (κ3) is 4.93. The highest BCUT2D eigenvalue weighted by atomic mass is 16.1. The summed E-state index contributed by atoms with van der Waals surface area (Å²) in [5.74, 6) is 0.610. The summed E-state index contributed by atoms with van der Waals surface area (Å²) in [6.07, 6.45) is 2.10. The lowest BCUT2D eigenvalue weighted by Gasteiger charge is -2.21. The Bertz CT molecular complexity index is 403. The van der Waals surface area contributed by atoms with E-state index in [0.717, 1.165) is 30.6 Å². The van der Waals surface area contributed by atoms with Crippen molar-refractivity contribution in [1.29, 1.82) is 0 Å². The van der Waals surface area contributed by atoms with E-state index in [2.05, 4.69) is 31.4 Å². The number of carbonyl (C=O) groups excluding carboxylic acids is 1. The van der Waals surface area contributed by atoms with Crippen LogP contribution in [0.1, 0.15) is 50.9 Å². The van der Waals surface area contributed by atoms with Gasteiger partial charge in [0.2, 0.25) is 0 Å². The average molecular weight is 262 g/mol. The van der Waals surface area contributed by atoms with E-state index in [1.165, 1.54) is 0 Å². The maximum atomic E-state index is 11.9. The normalized spacial score (nSPS) is 13.7. The van der Waals surface area contributed by atoms with Gasteiger partial charge in [0.25, 0.3) is 5.91 Å². The lowest BCUT2D eigenvalue weighted by molar-refractivity contribution is 0.0953. The van der Waals surface area contributed by atoms with E-state index < -0.39 is 0 Å². The summed E-state index contributed by atoms with van der Waals surface area (Å²) in [5.41, 5.74) is 1.73. The van der Waals surface area contributed by atoms with Crippen molar-refractivity contribution in [2.24, 2.45) is 5.92 Å². The zero-order valence-electron chi connectivity index (χ0n) is 12.5. The molecule has 3 nitrogen and oxygen atoms in total. The standard InChI is InChI=1S/C16H26N2O/c1-5-10-17-16(19)14-8-7-9-15(11-14)18-13(4)12(3)6-2/h7-9,11-13,18H,5-6,10H2,1-4H3,(H,17,19). The summed E-state index contributed by atoms with van der Waals surface area (Å²) in [6, 6.07) is 8.11. The molecule has 2 unspecified atom stereocenters. The molecule has 0 saturated carbocycles. The van der Waals surface area contributed by atoms with E-state index in [1.807, 2.05) is 31.2 Å². The molecular weight excluding hydrogens is 236 g/mol. The Kier molecular flexibility index (Phi) is 6.40. The highest BCUT2D eigenvalue weighted by Crippen LogP contribution is 2.16. The van der Waals surface area contributed by atoms with Crippen LogP contribution in [0.5, 0.6) is 0 Å². The van der Waals surface area contributed by atoms with Crippen LogP contribution < -0.4 is 10.6 Å². The molecule has 0 spiro atoms. The molecule has 0 aliphatic carbocycles. The lowest BCUT2D eigenvalue weighted by Crippen LogP contribution is -2.25. The van der Waals surface area contributed by atoms with Crippen LogP contribution in [-0.2, 0) is 0 Å². The topological polar surface area (TPSA) is 41.1 Å². The molecule has 0 bridgehead atoms. The van der Waals surface area contributed by atoms with Crippen molar-refractivity contribution in [2.45, 2.75) is 46.6 Å². The second-order valence-electron chi connectivity index (χ2n) is 5.16. The van der Waals surface area contributed by atoms with Gasteiger partial charge in [-0.25, -0.2) is 0 Å². The fraction of sp³-hybridized carbons (Fsp3) is 0.562. The predicted molar refractivity (Wildman–Crippen MR) is 81.6 cm³/mol. The number of anilines is 1. The summed E-state index contributed by atoms with van der Waals surface area (Å²) >= 11 is 0. The van der Waals surface area contributed by atoms with Gasteiger partial charge in [-0.15, -0.1) is 0 Å². The lowest BCUT2D eigenvalue weighted by atomic mass is 10.0. The Labute approximate surface area is 116 Å². The molecule has 1 rings (SSSR count). The molecule has 3 heteroatoms. The minimum Gasteiger partial charge on any atom is -0.382 e. The van der Waals surface area contributed by atoms with Crippen molar-refractivity contribution in [3.8, 4) is 0 Å². The van der Waals surface area contributed by atoms with Gasteiger partial charge in [-0.05, 0) is 37.5 Å². The number of rotatable bonds is 7. The molecule has 0 aliphatic rings. The Morgan fingerprint density at radius 2 is 2.00 bits per heavy atom. The van der Waals surface area contributed by atoms with Gasteiger partial charge in [-0.3, -0.25) is 4.79 Å². The zero-order chi connectivity index (χ0) is 14.3. The average Bonchev–Trinajstić information content (AvgIpc) is 2.43. The van der Waals surface area contributed by atoms with Crippen molar-refractivity contribution >= 4 is 11.6 Å². The molecule has 0 radical (unpaired) electrons. The maximum absolute atomic E-state index is 11.9. The molecule has 0 heterocycles. The van der Waals surface area contributed by atoms with Crippen LogP contribution in [0.2, 0.25) is 0 Å². The highest BCUT2D eigenvalue weighted by molar-refractivity contribution is 5.95. The van der Waals surface area contributed by atoms with Gasteiger partial charge in [0.05, 0.1) is 0 Å². The van der Waals surface area contributed by atoms with E-state index >= 15 is 0 Å². The van der Waals surface area contributed by atoms with Crippen LogP contribution in [0.15, 0.2) is 24.3 Å². The van der Waals surface area contributed by atoms with E-state index in [-0.39, 0.29) is 5.91 Å². The van der Waals surface area contributed by atoms with Crippen molar-refractivity contribution < 1.29 is 4.79 Å². The Hall–Kier alpha value is -1.51. The van der Waals surface area contributed by atoms with Gasteiger partial charge < -0.3 is 10.6 Å². The van der Waals surface area contributed by atoms with Crippen LogP contribution >= 0.6 is 0 Å². The van der Waals surface area contributed by atoms with Crippen molar-refractivity contribution in [1.82, 2.24) is 5.32 Å². The fourth-order valence-corrected chi connectivity index (χ4v) is 1.85. The fourth-order valence-electron chi connectivity index (χ4n) is 1.85. The number of hydrogen-bond donors (Lipinski definition) is 2. The Balaban J connectivity index is 2.69. The first-order valence-corrected chi connectivity index (χ1v) is 7.23. The zero-order valence-corrected chi connectivity index (χ0v) is 12.5. The van der Waals surface area contributed by atoms with Gasteiger partial charge >= 0.3 is 0 Å².